The van der Waals surface area contributed by atoms with Crippen molar-refractivity contribution in [3.8, 4) is 0 Å². The van der Waals surface area contributed by atoms with Crippen LogP contribution in [0.3, 0.4) is 0 Å². The largest absolute Gasteiger partial charge is 0.465 e. The molecule has 7 heteroatoms. The standard InChI is InChI=1S/C17H25N3O4/c1-19(2)9-8-15-12-20(10-11-24-15)17(22)18-14-6-4-13(5-7-14)16(21)23-3/h4-7,15H,8-12H2,1-3H3,(H,18,22)/t15-/m0/s1. The lowest BCUT2D eigenvalue weighted by Crippen LogP contribution is -2.47. The summed E-state index contributed by atoms with van der Waals surface area (Å²) in [6.45, 7) is 2.63. The van der Waals surface area contributed by atoms with Crippen LogP contribution in [0.4, 0.5) is 10.5 Å². The Labute approximate surface area is 142 Å². The number of carbonyl (C=O) groups is 2. The molecule has 1 atom stereocenters. The number of anilines is 1. The van der Waals surface area contributed by atoms with Gasteiger partial charge in [0.15, 0.2) is 0 Å². The van der Waals surface area contributed by atoms with E-state index in [0.717, 1.165) is 13.0 Å². The number of nitrogens with one attached hydrogen (secondary N) is 1. The molecule has 0 aliphatic carbocycles. The molecule has 1 fully saturated rings. The van der Waals surface area contributed by atoms with Crippen molar-refractivity contribution in [3.05, 3.63) is 29.8 Å². The van der Waals surface area contributed by atoms with E-state index in [9.17, 15) is 9.59 Å². The number of urea groups is 1. The molecule has 1 N–H and O–H groups in total. The minimum atomic E-state index is -0.398. The highest BCUT2D eigenvalue weighted by Gasteiger charge is 2.24. The average Bonchev–Trinajstić information content (AvgIpc) is 2.60. The van der Waals surface area contributed by atoms with Gasteiger partial charge >= 0.3 is 12.0 Å². The van der Waals surface area contributed by atoms with E-state index in [2.05, 4.69) is 15.0 Å². The highest BCUT2D eigenvalue weighted by molar-refractivity contribution is 5.92. The van der Waals surface area contributed by atoms with Crippen molar-refractivity contribution in [1.29, 1.82) is 0 Å². The van der Waals surface area contributed by atoms with Crippen LogP contribution in [0.25, 0.3) is 0 Å². The third-order valence-corrected chi connectivity index (χ3v) is 3.88. The first kappa shape index (κ1) is 18.2. The van der Waals surface area contributed by atoms with Crippen molar-refractivity contribution in [2.24, 2.45) is 0 Å². The van der Waals surface area contributed by atoms with Crippen LogP contribution in [0, 0.1) is 0 Å². The normalized spacial score (nSPS) is 17.7. The molecule has 0 saturated carbocycles. The first-order valence-corrected chi connectivity index (χ1v) is 8.00. The quantitative estimate of drug-likeness (QED) is 0.829. The number of morpholine rings is 1. The Balaban J connectivity index is 1.88. The molecule has 1 aromatic rings. The van der Waals surface area contributed by atoms with E-state index in [1.54, 1.807) is 29.2 Å². The lowest BCUT2D eigenvalue weighted by Gasteiger charge is -2.33. The van der Waals surface area contributed by atoms with Crippen molar-refractivity contribution >= 4 is 17.7 Å². The van der Waals surface area contributed by atoms with Crippen molar-refractivity contribution in [2.45, 2.75) is 12.5 Å². The fourth-order valence-electron chi connectivity index (χ4n) is 2.49. The van der Waals surface area contributed by atoms with E-state index in [0.29, 0.717) is 30.9 Å². The summed E-state index contributed by atoms with van der Waals surface area (Å²) in [6, 6.07) is 6.47. The van der Waals surface area contributed by atoms with Crippen molar-refractivity contribution in [1.82, 2.24) is 9.80 Å². The Bertz CT molecular complexity index is 559. The van der Waals surface area contributed by atoms with E-state index in [1.165, 1.54) is 7.11 Å². The lowest BCUT2D eigenvalue weighted by atomic mass is 10.2. The molecular weight excluding hydrogens is 310 g/mol. The molecule has 2 rings (SSSR count). The highest BCUT2D eigenvalue weighted by Crippen LogP contribution is 2.14. The molecular formula is C17H25N3O4. The van der Waals surface area contributed by atoms with Crippen molar-refractivity contribution < 1.29 is 19.1 Å². The molecule has 2 amide bonds. The third kappa shape index (κ3) is 5.21. The summed E-state index contributed by atoms with van der Waals surface area (Å²) < 4.78 is 10.4. The van der Waals surface area contributed by atoms with Crippen LogP contribution in [-0.4, -0.2) is 75.4 Å². The van der Waals surface area contributed by atoms with Crippen molar-refractivity contribution in [3.63, 3.8) is 0 Å². The van der Waals surface area contributed by atoms with E-state index in [4.69, 9.17) is 4.74 Å². The number of hydrogen-bond acceptors (Lipinski definition) is 5. The summed E-state index contributed by atoms with van der Waals surface area (Å²) in [5.74, 6) is -0.398. The molecule has 0 aromatic heterocycles. The molecule has 24 heavy (non-hydrogen) atoms. The van der Waals surface area contributed by atoms with Crippen LogP contribution in [0.1, 0.15) is 16.8 Å². The number of nitrogens with zero attached hydrogens (tertiary/aromatic N) is 2. The van der Waals surface area contributed by atoms with E-state index >= 15 is 0 Å². The van der Waals surface area contributed by atoms with Gasteiger partial charge in [0.1, 0.15) is 0 Å². The Kier molecular flexibility index (Phi) is 6.57. The van der Waals surface area contributed by atoms with Crippen LogP contribution in [0.5, 0.6) is 0 Å². The summed E-state index contributed by atoms with van der Waals surface area (Å²) in [5.41, 5.74) is 1.09. The first-order chi connectivity index (χ1) is 11.5. The summed E-state index contributed by atoms with van der Waals surface area (Å²) in [7, 11) is 5.37. The monoisotopic (exact) mass is 335 g/mol. The fourth-order valence-corrected chi connectivity index (χ4v) is 2.49. The van der Waals surface area contributed by atoms with E-state index in [-0.39, 0.29) is 12.1 Å². The summed E-state index contributed by atoms with van der Waals surface area (Å²) in [5, 5.41) is 2.85. The molecule has 1 aliphatic heterocycles. The number of rotatable bonds is 5. The number of hydrogen-bond donors (Lipinski definition) is 1. The van der Waals surface area contributed by atoms with Gasteiger partial charge in [0, 0.05) is 25.3 Å². The van der Waals surface area contributed by atoms with Gasteiger partial charge < -0.3 is 24.6 Å². The van der Waals surface area contributed by atoms with Gasteiger partial charge in [-0.2, -0.15) is 0 Å². The summed E-state index contributed by atoms with van der Waals surface area (Å²) in [4.78, 5) is 27.7. The molecule has 1 saturated heterocycles. The van der Waals surface area contributed by atoms with Crippen LogP contribution >= 0.6 is 0 Å². The van der Waals surface area contributed by atoms with Crippen LogP contribution in [-0.2, 0) is 9.47 Å². The van der Waals surface area contributed by atoms with Gasteiger partial charge in [0.05, 0.1) is 25.4 Å². The Morgan fingerprint density at radius 2 is 2.04 bits per heavy atom. The SMILES string of the molecule is COC(=O)c1ccc(NC(=O)N2CCO[C@@H](CCN(C)C)C2)cc1. The predicted octanol–water partition coefficient (Wildman–Crippen LogP) is 1.66. The maximum atomic E-state index is 12.4. The summed E-state index contributed by atoms with van der Waals surface area (Å²) >= 11 is 0. The molecule has 0 bridgehead atoms. The van der Waals surface area contributed by atoms with Crippen LogP contribution in [0.15, 0.2) is 24.3 Å². The first-order valence-electron chi connectivity index (χ1n) is 8.00. The minimum absolute atomic E-state index is 0.0635. The van der Waals surface area contributed by atoms with Crippen LogP contribution in [0.2, 0.25) is 0 Å². The van der Waals surface area contributed by atoms with E-state index < -0.39 is 5.97 Å². The number of ether oxygens (including phenoxy) is 2. The molecule has 1 aliphatic rings. The second kappa shape index (κ2) is 8.65. The van der Waals surface area contributed by atoms with Crippen molar-refractivity contribution in [2.75, 3.05) is 52.8 Å². The molecule has 132 valence electrons. The molecule has 1 aromatic carbocycles. The zero-order valence-electron chi connectivity index (χ0n) is 14.4. The zero-order valence-corrected chi connectivity index (χ0v) is 14.4. The second-order valence-corrected chi connectivity index (χ2v) is 6.03. The van der Waals surface area contributed by atoms with Gasteiger partial charge in [-0.3, -0.25) is 0 Å². The van der Waals surface area contributed by atoms with Gasteiger partial charge in [0.25, 0.3) is 0 Å². The lowest BCUT2D eigenvalue weighted by molar-refractivity contribution is -0.0186. The maximum absolute atomic E-state index is 12.4. The van der Waals surface area contributed by atoms with Gasteiger partial charge in [-0.15, -0.1) is 0 Å². The Morgan fingerprint density at radius 3 is 2.67 bits per heavy atom. The second-order valence-electron chi connectivity index (χ2n) is 6.03. The minimum Gasteiger partial charge on any atom is -0.465 e. The molecule has 0 spiro atoms. The summed E-state index contributed by atoms with van der Waals surface area (Å²) in [6.07, 6.45) is 0.957. The molecule has 0 radical (unpaired) electrons. The number of benzene rings is 1. The fraction of sp³-hybridized carbons (Fsp3) is 0.529. The maximum Gasteiger partial charge on any atom is 0.337 e. The smallest absolute Gasteiger partial charge is 0.337 e. The topological polar surface area (TPSA) is 71.1 Å². The number of amides is 2. The predicted molar refractivity (Wildman–Crippen MR) is 91.3 cm³/mol. The zero-order chi connectivity index (χ0) is 17.5. The number of methoxy groups -OCH3 is 1. The van der Waals surface area contributed by atoms with Gasteiger partial charge in [-0.1, -0.05) is 0 Å². The molecule has 1 heterocycles. The molecule has 0 unspecified atom stereocenters. The van der Waals surface area contributed by atoms with Gasteiger partial charge in [-0.05, 0) is 44.8 Å². The third-order valence-electron chi connectivity index (χ3n) is 3.88. The van der Waals surface area contributed by atoms with Gasteiger partial charge in [-0.25, -0.2) is 9.59 Å². The Morgan fingerprint density at radius 1 is 1.33 bits per heavy atom. The van der Waals surface area contributed by atoms with E-state index in [1.807, 2.05) is 14.1 Å². The van der Waals surface area contributed by atoms with Crippen LogP contribution < -0.4 is 5.32 Å². The highest BCUT2D eigenvalue weighted by atomic mass is 16.5. The molecule has 7 nitrogen and oxygen atoms in total. The number of esters is 1. The number of carbonyl (C=O) groups excluding carboxylic acids is 2. The average molecular weight is 335 g/mol. The Hall–Kier alpha value is -2.12. The van der Waals surface area contributed by atoms with Gasteiger partial charge in [0.2, 0.25) is 0 Å².